The number of carboxylic acids is 1. The standard InChI is InChI=1S/C17H19N3O8S/c1-17(13(15(25)26)20-11(23)6-12(20)29-17)7-28-16(27)18-19(2)14(24)8-3-4-9(21)10(22)5-8/h3-5,12-13,21-22H,6-7H2,1-2H3,(H,18,27)(H,25,26)/t12-,13+,17+/m1/s1. The zero-order valence-electron chi connectivity index (χ0n) is 15.5. The van der Waals surface area contributed by atoms with E-state index in [9.17, 15) is 34.5 Å². The van der Waals surface area contributed by atoms with Crippen molar-refractivity contribution in [3.8, 4) is 11.5 Å². The average molecular weight is 425 g/mol. The molecular weight excluding hydrogens is 406 g/mol. The van der Waals surface area contributed by atoms with Crippen molar-refractivity contribution in [1.29, 1.82) is 0 Å². The summed E-state index contributed by atoms with van der Waals surface area (Å²) in [5.74, 6) is -3.01. The van der Waals surface area contributed by atoms with Crippen molar-refractivity contribution < 1.29 is 39.2 Å². The van der Waals surface area contributed by atoms with Gasteiger partial charge in [-0.25, -0.2) is 15.0 Å². The maximum absolute atomic E-state index is 12.3. The molecule has 2 heterocycles. The number of β-lactam (4-membered cyclic amide) rings is 1. The van der Waals surface area contributed by atoms with Gasteiger partial charge in [-0.2, -0.15) is 0 Å². The van der Waals surface area contributed by atoms with Gasteiger partial charge >= 0.3 is 12.1 Å². The van der Waals surface area contributed by atoms with Crippen LogP contribution in [0.15, 0.2) is 18.2 Å². The highest BCUT2D eigenvalue weighted by Gasteiger charge is 2.61. The van der Waals surface area contributed by atoms with Gasteiger partial charge in [-0.1, -0.05) is 0 Å². The van der Waals surface area contributed by atoms with Crippen molar-refractivity contribution in [2.24, 2.45) is 0 Å². The van der Waals surface area contributed by atoms with Crippen LogP contribution in [0.1, 0.15) is 23.7 Å². The van der Waals surface area contributed by atoms with Gasteiger partial charge in [0.25, 0.3) is 5.91 Å². The molecule has 2 aliphatic rings. The van der Waals surface area contributed by atoms with E-state index in [1.807, 2.05) is 0 Å². The van der Waals surface area contributed by atoms with Crippen LogP contribution >= 0.6 is 11.8 Å². The van der Waals surface area contributed by atoms with Crippen LogP contribution < -0.4 is 5.43 Å². The Balaban J connectivity index is 1.59. The summed E-state index contributed by atoms with van der Waals surface area (Å²) < 4.78 is 4.08. The first kappa shape index (κ1) is 20.6. The molecule has 1 aromatic rings. The summed E-state index contributed by atoms with van der Waals surface area (Å²) in [6.07, 6.45) is -0.747. The fourth-order valence-corrected chi connectivity index (χ4v) is 4.92. The second kappa shape index (κ2) is 7.35. The molecule has 1 aromatic carbocycles. The highest BCUT2D eigenvalue weighted by molar-refractivity contribution is 8.01. The lowest BCUT2D eigenvalue weighted by Gasteiger charge is -2.36. The van der Waals surface area contributed by atoms with E-state index in [-0.39, 0.29) is 29.9 Å². The first-order valence-electron chi connectivity index (χ1n) is 8.49. The van der Waals surface area contributed by atoms with Crippen LogP contribution in [-0.2, 0) is 14.3 Å². The fraction of sp³-hybridized carbons (Fsp3) is 0.412. The third kappa shape index (κ3) is 3.75. The van der Waals surface area contributed by atoms with Gasteiger partial charge in [-0.15, -0.1) is 11.8 Å². The number of thioether (sulfide) groups is 1. The number of rotatable bonds is 4. The van der Waals surface area contributed by atoms with E-state index in [1.54, 1.807) is 6.92 Å². The first-order chi connectivity index (χ1) is 13.5. The molecule has 0 spiro atoms. The molecule has 3 atom stereocenters. The number of aromatic hydroxyl groups is 2. The number of aliphatic carboxylic acids is 1. The largest absolute Gasteiger partial charge is 0.504 e. The van der Waals surface area contributed by atoms with E-state index >= 15 is 0 Å². The van der Waals surface area contributed by atoms with Gasteiger partial charge in [0.15, 0.2) is 11.5 Å². The quantitative estimate of drug-likeness (QED) is 0.303. The Labute approximate surface area is 169 Å². The SMILES string of the molecule is CN(NC(=O)OC[C@]1(C)S[C@@H]2CC(=O)N2[C@H]1C(=O)O)C(=O)c1ccc(O)c(O)c1. The minimum atomic E-state index is -1.18. The van der Waals surface area contributed by atoms with Crippen LogP contribution in [0.5, 0.6) is 11.5 Å². The van der Waals surface area contributed by atoms with E-state index < -0.39 is 40.3 Å². The van der Waals surface area contributed by atoms with Gasteiger partial charge in [-0.3, -0.25) is 14.6 Å². The Bertz CT molecular complexity index is 893. The smallest absolute Gasteiger partial charge is 0.426 e. The lowest BCUT2D eigenvalue weighted by Crippen LogP contribution is -2.58. The Morgan fingerprint density at radius 1 is 1.34 bits per heavy atom. The minimum Gasteiger partial charge on any atom is -0.504 e. The molecule has 12 heteroatoms. The van der Waals surface area contributed by atoms with E-state index in [4.69, 9.17) is 4.74 Å². The lowest BCUT2D eigenvalue weighted by atomic mass is 9.97. The van der Waals surface area contributed by atoms with Gasteiger partial charge in [0.2, 0.25) is 5.91 Å². The number of nitrogens with one attached hydrogen (secondary N) is 1. The zero-order valence-corrected chi connectivity index (χ0v) is 16.3. The molecule has 2 aliphatic heterocycles. The van der Waals surface area contributed by atoms with Crippen LogP contribution in [0.2, 0.25) is 0 Å². The van der Waals surface area contributed by atoms with Crippen molar-refractivity contribution in [2.75, 3.05) is 13.7 Å². The summed E-state index contributed by atoms with van der Waals surface area (Å²) in [4.78, 5) is 49.0. The van der Waals surface area contributed by atoms with E-state index in [1.165, 1.54) is 29.8 Å². The van der Waals surface area contributed by atoms with Crippen molar-refractivity contribution in [1.82, 2.24) is 15.3 Å². The number of carbonyl (C=O) groups excluding carboxylic acids is 3. The number of ether oxygens (including phenoxy) is 1. The van der Waals surface area contributed by atoms with Gasteiger partial charge < -0.3 is 25.0 Å². The Kier molecular flexibility index (Phi) is 5.22. The molecule has 156 valence electrons. The van der Waals surface area contributed by atoms with Crippen LogP contribution in [0, 0.1) is 0 Å². The molecule has 0 radical (unpaired) electrons. The van der Waals surface area contributed by atoms with Gasteiger partial charge in [0.1, 0.15) is 12.6 Å². The number of hydrogen-bond acceptors (Lipinski definition) is 8. The van der Waals surface area contributed by atoms with Crippen LogP contribution in [-0.4, -0.2) is 78.9 Å². The molecule has 4 N–H and O–H groups in total. The molecule has 0 bridgehead atoms. The van der Waals surface area contributed by atoms with E-state index in [2.05, 4.69) is 5.43 Å². The van der Waals surface area contributed by atoms with Crippen LogP contribution in [0.3, 0.4) is 0 Å². The fourth-order valence-electron chi connectivity index (χ4n) is 3.25. The highest BCUT2D eigenvalue weighted by atomic mass is 32.2. The molecule has 0 aromatic heterocycles. The predicted molar refractivity (Wildman–Crippen MR) is 99.0 cm³/mol. The number of hydrazine groups is 1. The minimum absolute atomic E-state index is 0.00948. The monoisotopic (exact) mass is 425 g/mol. The Morgan fingerprint density at radius 2 is 2.03 bits per heavy atom. The summed E-state index contributed by atoms with van der Waals surface area (Å²) in [7, 11) is 1.25. The summed E-state index contributed by atoms with van der Waals surface area (Å²) >= 11 is 1.26. The Hall–Kier alpha value is -3.15. The average Bonchev–Trinajstić information content (AvgIpc) is 2.89. The van der Waals surface area contributed by atoms with Crippen molar-refractivity contribution >= 4 is 35.6 Å². The maximum atomic E-state index is 12.3. The molecule has 0 aliphatic carbocycles. The molecule has 11 nitrogen and oxygen atoms in total. The number of hydrogen-bond donors (Lipinski definition) is 4. The van der Waals surface area contributed by atoms with Gasteiger partial charge in [0.05, 0.1) is 16.5 Å². The Morgan fingerprint density at radius 3 is 2.62 bits per heavy atom. The molecule has 3 rings (SSSR count). The van der Waals surface area contributed by atoms with E-state index in [0.717, 1.165) is 17.1 Å². The van der Waals surface area contributed by atoms with Gasteiger partial charge in [-0.05, 0) is 25.1 Å². The molecule has 29 heavy (non-hydrogen) atoms. The second-order valence-electron chi connectivity index (χ2n) is 6.89. The van der Waals surface area contributed by atoms with Crippen molar-refractivity contribution in [3.05, 3.63) is 23.8 Å². The predicted octanol–water partition coefficient (Wildman–Crippen LogP) is 0.328. The molecule has 2 fully saturated rings. The molecular formula is C17H19N3O8S. The molecule has 0 unspecified atom stereocenters. The third-order valence-corrected chi connectivity index (χ3v) is 6.26. The van der Waals surface area contributed by atoms with Crippen LogP contribution in [0.4, 0.5) is 4.79 Å². The zero-order chi connectivity index (χ0) is 21.5. The van der Waals surface area contributed by atoms with Gasteiger partial charge in [0, 0.05) is 12.6 Å². The number of carboxylic acid groups (broad SMARTS) is 1. The number of carbonyl (C=O) groups is 4. The number of fused-ring (bicyclic) bond motifs is 1. The van der Waals surface area contributed by atoms with Crippen molar-refractivity contribution in [3.63, 3.8) is 0 Å². The summed E-state index contributed by atoms with van der Waals surface area (Å²) in [6.45, 7) is 1.31. The number of amides is 3. The highest BCUT2D eigenvalue weighted by Crippen LogP contribution is 2.51. The van der Waals surface area contributed by atoms with E-state index in [0.29, 0.717) is 0 Å². The first-order valence-corrected chi connectivity index (χ1v) is 9.36. The molecule has 3 amide bonds. The summed E-state index contributed by atoms with van der Waals surface area (Å²) in [5, 5.41) is 28.8. The number of phenolic OH excluding ortho intramolecular Hbond substituents is 2. The normalized spacial score (nSPS) is 25.0. The maximum Gasteiger partial charge on any atom is 0.426 e. The van der Waals surface area contributed by atoms with Crippen LogP contribution in [0.25, 0.3) is 0 Å². The lowest BCUT2D eigenvalue weighted by molar-refractivity contribution is -0.157. The third-order valence-electron chi connectivity index (χ3n) is 4.72. The topological polar surface area (TPSA) is 157 Å². The molecule has 0 saturated carbocycles. The number of phenols is 2. The van der Waals surface area contributed by atoms with Crippen molar-refractivity contribution in [2.45, 2.75) is 29.5 Å². The second-order valence-corrected chi connectivity index (χ2v) is 8.60. The number of nitrogens with zero attached hydrogens (tertiary/aromatic N) is 2. The molecule has 2 saturated heterocycles. The number of benzene rings is 1. The summed E-state index contributed by atoms with van der Waals surface area (Å²) in [5.41, 5.74) is 2.20. The summed E-state index contributed by atoms with van der Waals surface area (Å²) in [6, 6.07) is 2.31.